The molecule has 0 amide bonds. The zero-order valence-corrected chi connectivity index (χ0v) is 7.42. The molecule has 0 N–H and O–H groups in total. The molecule has 0 spiro atoms. The number of aliphatic imine (C=N–C) groups is 1. The summed E-state index contributed by atoms with van der Waals surface area (Å²) in [6.07, 6.45) is 1.54. The Morgan fingerprint density at radius 2 is 2.25 bits per heavy atom. The Hall–Kier alpha value is -1.34. The third kappa shape index (κ3) is 1.63. The summed E-state index contributed by atoms with van der Waals surface area (Å²) in [5.41, 5.74) is 0.954. The molecular weight excluding hydrogens is 154 g/mol. The molecule has 3 nitrogen and oxygen atoms in total. The third-order valence-electron chi connectivity index (χ3n) is 1.78. The van der Waals surface area contributed by atoms with Crippen LogP contribution in [0, 0.1) is 13.8 Å². The van der Waals surface area contributed by atoms with Crippen molar-refractivity contribution >= 4 is 6.08 Å². The topological polar surface area (TPSA) is 42.6 Å². The first-order valence-corrected chi connectivity index (χ1v) is 3.79. The van der Waals surface area contributed by atoms with E-state index in [0.29, 0.717) is 0 Å². The monoisotopic (exact) mass is 165 g/mol. The first-order valence-electron chi connectivity index (χ1n) is 3.79. The normalized spacial score (nSPS) is 12.2. The van der Waals surface area contributed by atoms with Crippen LogP contribution in [-0.2, 0) is 4.79 Å². The van der Waals surface area contributed by atoms with E-state index in [0.717, 1.165) is 17.1 Å². The molecule has 1 rings (SSSR count). The van der Waals surface area contributed by atoms with E-state index >= 15 is 0 Å². The van der Waals surface area contributed by atoms with Gasteiger partial charge < -0.3 is 4.42 Å². The van der Waals surface area contributed by atoms with Crippen molar-refractivity contribution in [3.63, 3.8) is 0 Å². The highest BCUT2D eigenvalue weighted by Gasteiger charge is 2.10. The van der Waals surface area contributed by atoms with Crippen LogP contribution < -0.4 is 0 Å². The van der Waals surface area contributed by atoms with Crippen LogP contribution in [0.4, 0.5) is 0 Å². The minimum atomic E-state index is -0.153. The Morgan fingerprint density at radius 3 is 2.67 bits per heavy atom. The lowest BCUT2D eigenvalue weighted by atomic mass is 10.1. The van der Waals surface area contributed by atoms with Crippen LogP contribution in [0.15, 0.2) is 15.5 Å². The first-order chi connectivity index (χ1) is 5.65. The second-order valence-corrected chi connectivity index (χ2v) is 2.76. The summed E-state index contributed by atoms with van der Waals surface area (Å²) in [5, 5.41) is 0. The Morgan fingerprint density at radius 1 is 1.58 bits per heavy atom. The maximum Gasteiger partial charge on any atom is 0.235 e. The quantitative estimate of drug-likeness (QED) is 0.498. The summed E-state index contributed by atoms with van der Waals surface area (Å²) in [4.78, 5) is 13.6. The van der Waals surface area contributed by atoms with E-state index in [9.17, 15) is 4.79 Å². The van der Waals surface area contributed by atoms with Gasteiger partial charge in [-0.05, 0) is 26.8 Å². The molecule has 0 aliphatic heterocycles. The number of hydrogen-bond donors (Lipinski definition) is 0. The van der Waals surface area contributed by atoms with Crippen molar-refractivity contribution in [1.29, 1.82) is 0 Å². The number of hydrogen-bond acceptors (Lipinski definition) is 3. The summed E-state index contributed by atoms with van der Waals surface area (Å²) in [7, 11) is 0. The maximum atomic E-state index is 9.98. The highest BCUT2D eigenvalue weighted by molar-refractivity contribution is 5.36. The molecule has 0 saturated carbocycles. The van der Waals surface area contributed by atoms with Crippen molar-refractivity contribution in [3.05, 3.63) is 23.2 Å². The lowest BCUT2D eigenvalue weighted by molar-refractivity contribution is 0.498. The van der Waals surface area contributed by atoms with Crippen LogP contribution >= 0.6 is 0 Å². The number of aryl methyl sites for hydroxylation is 2. The lowest BCUT2D eigenvalue weighted by Gasteiger charge is -1.99. The lowest BCUT2D eigenvalue weighted by Crippen LogP contribution is -1.88. The summed E-state index contributed by atoms with van der Waals surface area (Å²) in [5.74, 6) is 1.66. The van der Waals surface area contributed by atoms with Gasteiger partial charge in [-0.25, -0.2) is 4.79 Å². The predicted molar refractivity (Wildman–Crippen MR) is 44.7 cm³/mol. The second-order valence-electron chi connectivity index (χ2n) is 2.76. The molecule has 1 aromatic heterocycles. The van der Waals surface area contributed by atoms with E-state index in [2.05, 4.69) is 4.99 Å². The molecule has 0 bridgehead atoms. The zero-order valence-electron chi connectivity index (χ0n) is 7.42. The minimum absolute atomic E-state index is 0.153. The van der Waals surface area contributed by atoms with Gasteiger partial charge in [-0.1, -0.05) is 0 Å². The first kappa shape index (κ1) is 8.75. The highest BCUT2D eigenvalue weighted by atomic mass is 16.3. The molecule has 0 aliphatic rings. The van der Waals surface area contributed by atoms with Gasteiger partial charge in [-0.2, -0.15) is 4.99 Å². The van der Waals surface area contributed by atoms with Gasteiger partial charge in [-0.3, -0.25) is 0 Å². The average molecular weight is 165 g/mol. The van der Waals surface area contributed by atoms with E-state index in [1.165, 1.54) is 6.08 Å². The Labute approximate surface area is 71.1 Å². The van der Waals surface area contributed by atoms with Gasteiger partial charge in [0.15, 0.2) is 0 Å². The van der Waals surface area contributed by atoms with Crippen molar-refractivity contribution in [2.45, 2.75) is 26.8 Å². The third-order valence-corrected chi connectivity index (χ3v) is 1.78. The standard InChI is InChI=1S/C9H11NO2/c1-6-4-9(8(3)12-6)7(2)10-5-11/h4,7H,1-3H3. The van der Waals surface area contributed by atoms with Crippen LogP contribution in [0.3, 0.4) is 0 Å². The Kier molecular flexibility index (Phi) is 2.46. The van der Waals surface area contributed by atoms with Crippen molar-refractivity contribution in [2.24, 2.45) is 4.99 Å². The van der Waals surface area contributed by atoms with E-state index in [-0.39, 0.29) is 6.04 Å². The van der Waals surface area contributed by atoms with E-state index < -0.39 is 0 Å². The summed E-state index contributed by atoms with van der Waals surface area (Å²) in [6.45, 7) is 5.56. The number of carbonyl (C=O) groups excluding carboxylic acids is 1. The van der Waals surface area contributed by atoms with Gasteiger partial charge in [0.25, 0.3) is 0 Å². The van der Waals surface area contributed by atoms with Gasteiger partial charge >= 0.3 is 0 Å². The molecule has 0 aliphatic carbocycles. The van der Waals surface area contributed by atoms with Gasteiger partial charge in [0.2, 0.25) is 6.08 Å². The van der Waals surface area contributed by atoms with Crippen LogP contribution in [0.2, 0.25) is 0 Å². The van der Waals surface area contributed by atoms with Crippen LogP contribution in [0.5, 0.6) is 0 Å². The van der Waals surface area contributed by atoms with Gasteiger partial charge in [0, 0.05) is 5.56 Å². The molecule has 1 heterocycles. The molecule has 0 radical (unpaired) electrons. The van der Waals surface area contributed by atoms with Crippen LogP contribution in [-0.4, -0.2) is 6.08 Å². The number of nitrogens with zero attached hydrogens (tertiary/aromatic N) is 1. The summed E-state index contributed by atoms with van der Waals surface area (Å²) in [6, 6.07) is 1.74. The number of isocyanates is 1. The Bertz CT molecular complexity index is 321. The molecule has 1 atom stereocenters. The SMILES string of the molecule is Cc1cc(C(C)N=C=O)c(C)o1. The smallest absolute Gasteiger partial charge is 0.235 e. The zero-order chi connectivity index (χ0) is 9.14. The van der Waals surface area contributed by atoms with E-state index in [4.69, 9.17) is 4.42 Å². The number of furan rings is 1. The van der Waals surface area contributed by atoms with E-state index in [1.54, 1.807) is 0 Å². The number of rotatable bonds is 2. The largest absolute Gasteiger partial charge is 0.466 e. The fourth-order valence-corrected chi connectivity index (χ4v) is 1.21. The molecule has 1 unspecified atom stereocenters. The van der Waals surface area contributed by atoms with Crippen molar-refractivity contribution in [2.75, 3.05) is 0 Å². The molecule has 3 heteroatoms. The Balaban J connectivity index is 3.01. The van der Waals surface area contributed by atoms with Crippen LogP contribution in [0.25, 0.3) is 0 Å². The van der Waals surface area contributed by atoms with Crippen molar-refractivity contribution in [3.8, 4) is 0 Å². The van der Waals surface area contributed by atoms with Gasteiger partial charge in [0.05, 0.1) is 6.04 Å². The molecule has 12 heavy (non-hydrogen) atoms. The van der Waals surface area contributed by atoms with Crippen molar-refractivity contribution in [1.82, 2.24) is 0 Å². The predicted octanol–water partition coefficient (Wildman–Crippen LogP) is 2.29. The molecule has 0 saturated heterocycles. The second kappa shape index (κ2) is 3.37. The summed E-state index contributed by atoms with van der Waals surface area (Å²) < 4.78 is 5.29. The average Bonchev–Trinajstić information content (AvgIpc) is 2.30. The maximum absolute atomic E-state index is 9.98. The van der Waals surface area contributed by atoms with Crippen molar-refractivity contribution < 1.29 is 9.21 Å². The molecular formula is C9H11NO2. The molecule has 1 aromatic rings. The fraction of sp³-hybridized carbons (Fsp3) is 0.444. The van der Waals surface area contributed by atoms with Gasteiger partial charge in [-0.15, -0.1) is 0 Å². The van der Waals surface area contributed by atoms with Gasteiger partial charge in [0.1, 0.15) is 11.5 Å². The van der Waals surface area contributed by atoms with E-state index in [1.807, 2.05) is 26.8 Å². The fourth-order valence-electron chi connectivity index (χ4n) is 1.21. The molecule has 0 aromatic carbocycles. The molecule has 64 valence electrons. The van der Waals surface area contributed by atoms with Crippen LogP contribution in [0.1, 0.15) is 30.0 Å². The summed E-state index contributed by atoms with van der Waals surface area (Å²) >= 11 is 0. The molecule has 0 fully saturated rings. The minimum Gasteiger partial charge on any atom is -0.466 e. The highest BCUT2D eigenvalue weighted by Crippen LogP contribution is 2.23.